The van der Waals surface area contributed by atoms with Crippen molar-refractivity contribution in [3.63, 3.8) is 0 Å². The molecule has 2 rings (SSSR count). The first-order valence-electron chi connectivity index (χ1n) is 5.11. The lowest BCUT2D eigenvalue weighted by Crippen LogP contribution is -2.00. The van der Waals surface area contributed by atoms with Crippen LogP contribution in [0.2, 0.25) is 0 Å². The Labute approximate surface area is 102 Å². The summed E-state index contributed by atoms with van der Waals surface area (Å²) in [6.07, 6.45) is 2.28. The molecule has 88 valence electrons. The van der Waals surface area contributed by atoms with Gasteiger partial charge in [-0.3, -0.25) is 0 Å². The minimum absolute atomic E-state index is 0.358. The zero-order valence-electron chi connectivity index (χ0n) is 9.09. The van der Waals surface area contributed by atoms with E-state index in [-0.39, 0.29) is 0 Å². The van der Waals surface area contributed by atoms with Crippen molar-refractivity contribution >= 4 is 22.1 Å². The molecule has 0 spiro atoms. The lowest BCUT2D eigenvalue weighted by molar-refractivity contribution is 0.439. The summed E-state index contributed by atoms with van der Waals surface area (Å²) in [7, 11) is 0. The van der Waals surface area contributed by atoms with Gasteiger partial charge < -0.3 is 8.74 Å². The molecule has 0 radical (unpaired) electrons. The van der Waals surface area contributed by atoms with Crippen LogP contribution in [0.15, 0.2) is 49.1 Å². The average molecular weight is 247 g/mol. The van der Waals surface area contributed by atoms with E-state index in [0.29, 0.717) is 12.2 Å². The van der Waals surface area contributed by atoms with Crippen LogP contribution in [0.3, 0.4) is 0 Å². The second-order valence-corrected chi connectivity index (χ2v) is 4.16. The van der Waals surface area contributed by atoms with E-state index in [0.717, 1.165) is 16.3 Å². The van der Waals surface area contributed by atoms with Gasteiger partial charge in [0.2, 0.25) is 0 Å². The van der Waals surface area contributed by atoms with Gasteiger partial charge in [0.05, 0.1) is 0 Å². The summed E-state index contributed by atoms with van der Waals surface area (Å²) in [6, 6.07) is 11.4. The molecule has 0 aliphatic carbocycles. The summed E-state index contributed by atoms with van der Waals surface area (Å²) in [6.45, 7) is 3.65. The maximum absolute atomic E-state index is 10.6. The smallest absolute Gasteiger partial charge is 0.143 e. The Morgan fingerprint density at radius 3 is 2.53 bits per heavy atom. The van der Waals surface area contributed by atoms with Gasteiger partial charge in [-0.2, -0.15) is 0 Å². The molecular formula is C13H11O3S-. The van der Waals surface area contributed by atoms with Gasteiger partial charge in [0.25, 0.3) is 0 Å². The molecule has 1 unspecified atom stereocenters. The molecule has 2 aromatic carbocycles. The van der Waals surface area contributed by atoms with E-state index < -0.39 is 11.4 Å². The van der Waals surface area contributed by atoms with Crippen LogP contribution in [0, 0.1) is 0 Å². The van der Waals surface area contributed by atoms with Crippen molar-refractivity contribution in [1.29, 1.82) is 0 Å². The van der Waals surface area contributed by atoms with Crippen molar-refractivity contribution < 1.29 is 12.9 Å². The second kappa shape index (κ2) is 5.12. The Morgan fingerprint density at radius 1 is 1.29 bits per heavy atom. The van der Waals surface area contributed by atoms with Crippen LogP contribution in [-0.4, -0.2) is 8.76 Å². The Bertz CT molecular complexity index is 578. The number of fused-ring (bicyclic) bond motifs is 1. The molecule has 17 heavy (non-hydrogen) atoms. The fourth-order valence-electron chi connectivity index (χ4n) is 1.73. The van der Waals surface area contributed by atoms with Crippen molar-refractivity contribution in [2.45, 2.75) is 6.42 Å². The summed E-state index contributed by atoms with van der Waals surface area (Å²) >= 11 is -2.56. The highest BCUT2D eigenvalue weighted by Crippen LogP contribution is 2.27. The number of allylic oxidation sites excluding steroid dienone is 1. The van der Waals surface area contributed by atoms with Crippen molar-refractivity contribution in [3.05, 3.63) is 54.6 Å². The molecule has 0 heterocycles. The second-order valence-electron chi connectivity index (χ2n) is 3.59. The first-order chi connectivity index (χ1) is 8.20. The molecule has 4 heteroatoms. The van der Waals surface area contributed by atoms with Crippen LogP contribution in [-0.2, 0) is 17.8 Å². The van der Waals surface area contributed by atoms with Crippen molar-refractivity contribution in [1.82, 2.24) is 0 Å². The molecule has 0 bridgehead atoms. The van der Waals surface area contributed by atoms with Crippen LogP contribution < -0.4 is 4.18 Å². The fourth-order valence-corrected chi connectivity index (χ4v) is 2.03. The number of rotatable bonds is 4. The molecule has 2 aromatic rings. The van der Waals surface area contributed by atoms with Gasteiger partial charge in [-0.1, -0.05) is 30.3 Å². The van der Waals surface area contributed by atoms with E-state index in [1.807, 2.05) is 30.3 Å². The Kier molecular flexibility index (Phi) is 3.56. The van der Waals surface area contributed by atoms with Crippen molar-refractivity contribution in [2.24, 2.45) is 0 Å². The third-order valence-corrected chi connectivity index (χ3v) is 2.77. The van der Waals surface area contributed by atoms with E-state index >= 15 is 0 Å². The lowest BCUT2D eigenvalue weighted by atomic mass is 10.0. The maximum atomic E-state index is 10.6. The van der Waals surface area contributed by atoms with E-state index in [4.69, 9.17) is 4.18 Å². The number of hydrogen-bond donors (Lipinski definition) is 0. The first kappa shape index (κ1) is 11.8. The summed E-state index contributed by atoms with van der Waals surface area (Å²) in [4.78, 5) is 0. The van der Waals surface area contributed by atoms with E-state index in [2.05, 4.69) is 6.58 Å². The zero-order chi connectivity index (χ0) is 12.3. The molecule has 3 nitrogen and oxygen atoms in total. The van der Waals surface area contributed by atoms with Crippen LogP contribution >= 0.6 is 0 Å². The number of hydrogen-bond acceptors (Lipinski definition) is 3. The Morgan fingerprint density at radius 2 is 1.94 bits per heavy atom. The molecule has 0 aromatic heterocycles. The zero-order valence-corrected chi connectivity index (χ0v) is 9.91. The van der Waals surface area contributed by atoms with Crippen LogP contribution in [0.1, 0.15) is 5.56 Å². The van der Waals surface area contributed by atoms with Gasteiger partial charge >= 0.3 is 0 Å². The highest BCUT2D eigenvalue weighted by molar-refractivity contribution is 7.74. The van der Waals surface area contributed by atoms with Crippen molar-refractivity contribution in [2.75, 3.05) is 0 Å². The first-order valence-corrected chi connectivity index (χ1v) is 6.11. The molecule has 0 aliphatic rings. The van der Waals surface area contributed by atoms with Gasteiger partial charge in [0, 0.05) is 5.56 Å². The van der Waals surface area contributed by atoms with E-state index in [1.54, 1.807) is 12.1 Å². The van der Waals surface area contributed by atoms with Crippen LogP contribution in [0.4, 0.5) is 0 Å². The molecule has 0 aliphatic heterocycles. The predicted octanol–water partition coefficient (Wildman–Crippen LogP) is 2.74. The Hall–Kier alpha value is -1.65. The number of benzene rings is 2. The third kappa shape index (κ3) is 2.72. The minimum atomic E-state index is -2.56. The molecule has 0 N–H and O–H groups in total. The third-order valence-electron chi connectivity index (χ3n) is 2.45. The average Bonchev–Trinajstić information content (AvgIpc) is 2.29. The highest BCUT2D eigenvalue weighted by Gasteiger charge is 2.05. The van der Waals surface area contributed by atoms with E-state index in [1.165, 1.54) is 0 Å². The summed E-state index contributed by atoms with van der Waals surface area (Å²) in [5.41, 5.74) is 0.808. The minimum Gasteiger partial charge on any atom is -0.740 e. The summed E-state index contributed by atoms with van der Waals surface area (Å²) in [5, 5.41) is 1.99. The lowest BCUT2D eigenvalue weighted by Gasteiger charge is -2.12. The van der Waals surface area contributed by atoms with Crippen LogP contribution in [0.25, 0.3) is 10.8 Å². The molecule has 0 fully saturated rings. The molecule has 0 amide bonds. The SMILES string of the molecule is C=CCc1cc2ccccc2cc1OS(=O)[O-]. The quantitative estimate of drug-likeness (QED) is 0.616. The van der Waals surface area contributed by atoms with Gasteiger partial charge in [0.15, 0.2) is 0 Å². The maximum Gasteiger partial charge on any atom is 0.143 e. The fraction of sp³-hybridized carbons (Fsp3) is 0.0769. The summed E-state index contributed by atoms with van der Waals surface area (Å²) < 4.78 is 26.0. The van der Waals surface area contributed by atoms with E-state index in [9.17, 15) is 8.76 Å². The standard InChI is InChI=1S/C13H12O3S/c1-2-5-12-8-10-6-3-4-7-11(10)9-13(12)16-17(14)15/h2-4,6-9H,1,5H2,(H,14,15)/p-1. The highest BCUT2D eigenvalue weighted by atomic mass is 32.2. The van der Waals surface area contributed by atoms with Gasteiger partial charge in [-0.25, -0.2) is 4.21 Å². The molecule has 0 saturated carbocycles. The summed E-state index contributed by atoms with van der Waals surface area (Å²) in [5.74, 6) is 0.358. The molecular weight excluding hydrogens is 236 g/mol. The predicted molar refractivity (Wildman–Crippen MR) is 67.4 cm³/mol. The normalized spacial score (nSPS) is 12.3. The van der Waals surface area contributed by atoms with Crippen LogP contribution in [0.5, 0.6) is 5.75 Å². The molecule has 0 saturated heterocycles. The topological polar surface area (TPSA) is 49.4 Å². The molecule has 1 atom stereocenters. The van der Waals surface area contributed by atoms with Gasteiger partial charge in [0.1, 0.15) is 17.1 Å². The largest absolute Gasteiger partial charge is 0.740 e. The Balaban J connectivity index is 2.57. The van der Waals surface area contributed by atoms with Crippen molar-refractivity contribution in [3.8, 4) is 5.75 Å². The monoisotopic (exact) mass is 247 g/mol. The van der Waals surface area contributed by atoms with Gasteiger partial charge in [-0.05, 0) is 29.3 Å². The van der Waals surface area contributed by atoms with Gasteiger partial charge in [-0.15, -0.1) is 6.58 Å².